The van der Waals surface area contributed by atoms with Crippen molar-refractivity contribution in [2.75, 3.05) is 6.61 Å². The first kappa shape index (κ1) is 15.4. The van der Waals surface area contributed by atoms with E-state index in [2.05, 4.69) is 33.8 Å². The Labute approximate surface area is 123 Å². The summed E-state index contributed by atoms with van der Waals surface area (Å²) in [5.41, 5.74) is 2.61. The Morgan fingerprint density at radius 2 is 2.05 bits per heavy atom. The highest BCUT2D eigenvalue weighted by Crippen LogP contribution is 2.33. The van der Waals surface area contributed by atoms with Gasteiger partial charge in [-0.3, -0.25) is 0 Å². The van der Waals surface area contributed by atoms with Gasteiger partial charge in [0, 0.05) is 0 Å². The van der Waals surface area contributed by atoms with Crippen molar-refractivity contribution in [1.29, 1.82) is 0 Å². The monoisotopic (exact) mass is 276 g/mol. The molecular formula is C18H28O2. The zero-order chi connectivity index (χ0) is 14.8. The van der Waals surface area contributed by atoms with Crippen molar-refractivity contribution in [1.82, 2.24) is 0 Å². The van der Waals surface area contributed by atoms with Crippen molar-refractivity contribution >= 4 is 0 Å². The molecule has 1 aliphatic heterocycles. The van der Waals surface area contributed by atoms with Gasteiger partial charge in [0.2, 0.25) is 0 Å². The Morgan fingerprint density at radius 3 is 2.75 bits per heavy atom. The smallest absolute Gasteiger partial charge is 0.122 e. The number of aliphatic hydroxyl groups is 1. The van der Waals surface area contributed by atoms with Crippen LogP contribution in [0.2, 0.25) is 0 Å². The number of benzene rings is 1. The van der Waals surface area contributed by atoms with Crippen LogP contribution in [0.3, 0.4) is 0 Å². The molecule has 1 N–H and O–H groups in total. The number of ether oxygens (including phenoxy) is 1. The minimum atomic E-state index is -0.362. The molecule has 1 aromatic carbocycles. The van der Waals surface area contributed by atoms with E-state index in [0.29, 0.717) is 11.3 Å². The molecule has 112 valence electrons. The van der Waals surface area contributed by atoms with Crippen LogP contribution in [0.4, 0.5) is 0 Å². The van der Waals surface area contributed by atoms with Crippen molar-refractivity contribution in [3.05, 3.63) is 29.3 Å². The van der Waals surface area contributed by atoms with Gasteiger partial charge < -0.3 is 9.84 Å². The van der Waals surface area contributed by atoms with Gasteiger partial charge in [0.1, 0.15) is 5.75 Å². The van der Waals surface area contributed by atoms with E-state index in [4.69, 9.17) is 4.74 Å². The Balaban J connectivity index is 2.00. The normalized spacial score (nSPS) is 18.1. The van der Waals surface area contributed by atoms with Gasteiger partial charge in [0.25, 0.3) is 0 Å². The van der Waals surface area contributed by atoms with E-state index in [1.807, 2.05) is 12.1 Å². The predicted octanol–water partition coefficient (Wildman–Crippen LogP) is 4.51. The molecule has 0 bridgehead atoms. The van der Waals surface area contributed by atoms with Gasteiger partial charge in [0.15, 0.2) is 0 Å². The van der Waals surface area contributed by atoms with Crippen molar-refractivity contribution in [2.45, 2.75) is 59.5 Å². The number of aryl methyl sites for hydroxylation is 1. The SMILES string of the molecule is CC(CC(O)c1ccc2c(c1)CCCO2)CC(C)(C)C. The zero-order valence-corrected chi connectivity index (χ0v) is 13.3. The predicted molar refractivity (Wildman–Crippen MR) is 83.1 cm³/mol. The maximum absolute atomic E-state index is 10.4. The first-order valence-corrected chi connectivity index (χ1v) is 7.79. The van der Waals surface area contributed by atoms with E-state index >= 15 is 0 Å². The quantitative estimate of drug-likeness (QED) is 0.877. The Bertz CT molecular complexity index is 445. The van der Waals surface area contributed by atoms with E-state index in [1.54, 1.807) is 0 Å². The molecular weight excluding hydrogens is 248 g/mol. The van der Waals surface area contributed by atoms with E-state index in [-0.39, 0.29) is 6.10 Å². The molecule has 0 aliphatic carbocycles. The summed E-state index contributed by atoms with van der Waals surface area (Å²) in [7, 11) is 0. The summed E-state index contributed by atoms with van der Waals surface area (Å²) in [4.78, 5) is 0. The second kappa shape index (κ2) is 6.17. The molecule has 0 amide bonds. The molecule has 1 heterocycles. The van der Waals surface area contributed by atoms with Crippen LogP contribution in [0.15, 0.2) is 18.2 Å². The minimum Gasteiger partial charge on any atom is -0.493 e. The Hall–Kier alpha value is -1.02. The highest BCUT2D eigenvalue weighted by molar-refractivity contribution is 5.39. The van der Waals surface area contributed by atoms with Crippen LogP contribution >= 0.6 is 0 Å². The van der Waals surface area contributed by atoms with Crippen LogP contribution in [0.5, 0.6) is 5.75 Å². The van der Waals surface area contributed by atoms with Crippen LogP contribution in [0.1, 0.15) is 64.2 Å². The molecule has 2 unspecified atom stereocenters. The van der Waals surface area contributed by atoms with Gasteiger partial charge in [0.05, 0.1) is 12.7 Å². The molecule has 1 aromatic rings. The highest BCUT2D eigenvalue weighted by atomic mass is 16.5. The fourth-order valence-corrected chi connectivity index (χ4v) is 3.23. The van der Waals surface area contributed by atoms with Crippen LogP contribution in [0.25, 0.3) is 0 Å². The largest absolute Gasteiger partial charge is 0.493 e. The fraction of sp³-hybridized carbons (Fsp3) is 0.667. The molecule has 2 nitrogen and oxygen atoms in total. The number of aliphatic hydroxyl groups excluding tert-OH is 1. The van der Waals surface area contributed by atoms with Crippen LogP contribution in [-0.4, -0.2) is 11.7 Å². The number of rotatable bonds is 4. The van der Waals surface area contributed by atoms with E-state index in [1.165, 1.54) is 5.56 Å². The van der Waals surface area contributed by atoms with E-state index in [9.17, 15) is 5.11 Å². The van der Waals surface area contributed by atoms with Gasteiger partial charge in [-0.05, 0) is 60.3 Å². The second-order valence-corrected chi connectivity index (χ2v) is 7.44. The van der Waals surface area contributed by atoms with E-state index < -0.39 is 0 Å². The number of hydrogen-bond acceptors (Lipinski definition) is 2. The summed E-state index contributed by atoms with van der Waals surface area (Å²) in [5, 5.41) is 10.4. The van der Waals surface area contributed by atoms with Crippen molar-refractivity contribution in [3.8, 4) is 5.75 Å². The molecule has 1 aliphatic rings. The van der Waals surface area contributed by atoms with Gasteiger partial charge in [-0.15, -0.1) is 0 Å². The summed E-state index contributed by atoms with van der Waals surface area (Å²) < 4.78 is 5.62. The molecule has 0 spiro atoms. The topological polar surface area (TPSA) is 29.5 Å². The molecule has 0 fully saturated rings. The first-order valence-electron chi connectivity index (χ1n) is 7.79. The molecule has 2 heteroatoms. The molecule has 20 heavy (non-hydrogen) atoms. The van der Waals surface area contributed by atoms with Crippen molar-refractivity contribution in [3.63, 3.8) is 0 Å². The second-order valence-electron chi connectivity index (χ2n) is 7.44. The fourth-order valence-electron chi connectivity index (χ4n) is 3.23. The Morgan fingerprint density at radius 1 is 1.30 bits per heavy atom. The summed E-state index contributed by atoms with van der Waals surface area (Å²) in [6, 6.07) is 6.16. The molecule has 0 saturated heterocycles. The lowest BCUT2D eigenvalue weighted by Crippen LogP contribution is -2.14. The Kier molecular flexibility index (Phi) is 4.74. The van der Waals surface area contributed by atoms with Crippen LogP contribution in [-0.2, 0) is 6.42 Å². The maximum Gasteiger partial charge on any atom is 0.122 e. The van der Waals surface area contributed by atoms with Crippen molar-refractivity contribution in [2.24, 2.45) is 11.3 Å². The van der Waals surface area contributed by atoms with Crippen LogP contribution < -0.4 is 4.74 Å². The van der Waals surface area contributed by atoms with Gasteiger partial charge in [-0.1, -0.05) is 33.8 Å². The average Bonchev–Trinajstić information content (AvgIpc) is 2.35. The van der Waals surface area contributed by atoms with E-state index in [0.717, 1.165) is 43.6 Å². The lowest BCUT2D eigenvalue weighted by molar-refractivity contribution is 0.134. The third-order valence-electron chi connectivity index (χ3n) is 3.90. The first-order chi connectivity index (χ1) is 9.35. The summed E-state index contributed by atoms with van der Waals surface area (Å²) in [6.07, 6.45) is 3.75. The van der Waals surface area contributed by atoms with Crippen molar-refractivity contribution < 1.29 is 9.84 Å². The minimum absolute atomic E-state index is 0.322. The highest BCUT2D eigenvalue weighted by Gasteiger charge is 2.20. The average molecular weight is 276 g/mol. The van der Waals surface area contributed by atoms with Gasteiger partial charge in [-0.25, -0.2) is 0 Å². The molecule has 0 aromatic heterocycles. The summed E-state index contributed by atoms with van der Waals surface area (Å²) in [5.74, 6) is 1.52. The zero-order valence-electron chi connectivity index (χ0n) is 13.3. The lowest BCUT2D eigenvalue weighted by Gasteiger charge is -2.25. The maximum atomic E-state index is 10.4. The molecule has 0 radical (unpaired) electrons. The standard InChI is InChI=1S/C18H28O2/c1-13(12-18(2,3)4)10-16(19)14-7-8-17-15(11-14)6-5-9-20-17/h7-8,11,13,16,19H,5-6,9-10,12H2,1-4H3. The van der Waals surface area contributed by atoms with Crippen LogP contribution in [0, 0.1) is 11.3 Å². The number of hydrogen-bond donors (Lipinski definition) is 1. The third kappa shape index (κ3) is 4.24. The third-order valence-corrected chi connectivity index (χ3v) is 3.90. The molecule has 0 saturated carbocycles. The summed E-state index contributed by atoms with van der Waals surface area (Å²) in [6.45, 7) is 9.82. The van der Waals surface area contributed by atoms with Gasteiger partial charge >= 0.3 is 0 Å². The number of fused-ring (bicyclic) bond motifs is 1. The molecule has 2 atom stereocenters. The lowest BCUT2D eigenvalue weighted by atomic mass is 9.82. The summed E-state index contributed by atoms with van der Waals surface area (Å²) >= 11 is 0. The molecule has 2 rings (SSSR count). The van der Waals surface area contributed by atoms with Gasteiger partial charge in [-0.2, -0.15) is 0 Å².